The van der Waals surface area contributed by atoms with Crippen molar-refractivity contribution in [1.29, 1.82) is 5.26 Å². The van der Waals surface area contributed by atoms with Crippen LogP contribution in [0.1, 0.15) is 54.2 Å². The molecule has 0 aliphatic heterocycles. The van der Waals surface area contributed by atoms with E-state index in [9.17, 15) is 0 Å². The first-order valence-corrected chi connectivity index (χ1v) is 5.88. The van der Waals surface area contributed by atoms with Gasteiger partial charge in [0.25, 0.3) is 0 Å². The first-order valence-electron chi connectivity index (χ1n) is 5.88. The first-order chi connectivity index (χ1) is 7.38. The highest BCUT2D eigenvalue weighted by Crippen LogP contribution is 2.49. The highest BCUT2D eigenvalue weighted by atomic mass is 14.4. The third-order valence-electron chi connectivity index (χ3n) is 4.04. The fourth-order valence-corrected chi connectivity index (χ4v) is 3.27. The number of hydrogen-bond donors (Lipinski definition) is 0. The van der Waals surface area contributed by atoms with Gasteiger partial charge in [0.1, 0.15) is 0 Å². The molecule has 15 heavy (non-hydrogen) atoms. The zero-order valence-electron chi connectivity index (χ0n) is 8.87. The molecule has 0 N–H and O–H groups in total. The van der Waals surface area contributed by atoms with Gasteiger partial charge in [-0.3, -0.25) is 0 Å². The quantitative estimate of drug-likeness (QED) is 0.676. The van der Waals surface area contributed by atoms with Gasteiger partial charge in [0.15, 0.2) is 0 Å². The summed E-state index contributed by atoms with van der Waals surface area (Å²) in [4.78, 5) is 0. The van der Waals surface area contributed by atoms with Gasteiger partial charge in [-0.25, -0.2) is 0 Å². The van der Waals surface area contributed by atoms with Gasteiger partial charge >= 0.3 is 0 Å². The Morgan fingerprint density at radius 3 is 2.40 bits per heavy atom. The van der Waals surface area contributed by atoms with Crippen molar-refractivity contribution in [2.75, 3.05) is 0 Å². The minimum atomic E-state index is 0.560. The van der Waals surface area contributed by atoms with Gasteiger partial charge in [-0.05, 0) is 54.2 Å². The van der Waals surface area contributed by atoms with Crippen molar-refractivity contribution in [3.05, 3.63) is 34.9 Å². The van der Waals surface area contributed by atoms with Crippen LogP contribution < -0.4 is 0 Å². The van der Waals surface area contributed by atoms with Crippen LogP contribution in [0.25, 0.3) is 0 Å². The maximum Gasteiger partial charge on any atom is 0.0669 e. The highest BCUT2D eigenvalue weighted by molar-refractivity contribution is 5.41. The average molecular weight is 197 g/mol. The van der Waals surface area contributed by atoms with Crippen LogP contribution in [0.15, 0.2) is 18.2 Å². The summed E-state index contributed by atoms with van der Waals surface area (Å²) in [5, 5.41) is 8.71. The van der Waals surface area contributed by atoms with Crippen LogP contribution in [-0.4, -0.2) is 0 Å². The zero-order valence-corrected chi connectivity index (χ0v) is 8.87. The maximum atomic E-state index is 8.71. The standard InChI is InChI=1S/C14H15N/c15-8-7-10-1-6-13-11-2-4-12(5-3-11)14(13)9-10/h1,6,9,11-12H,2-5,7H2. The summed E-state index contributed by atoms with van der Waals surface area (Å²) >= 11 is 0. The molecule has 3 aliphatic rings. The van der Waals surface area contributed by atoms with Gasteiger partial charge < -0.3 is 0 Å². The first kappa shape index (κ1) is 8.97. The molecular weight excluding hydrogens is 182 g/mol. The number of nitriles is 1. The van der Waals surface area contributed by atoms with Crippen LogP contribution in [0.4, 0.5) is 0 Å². The molecule has 3 aliphatic carbocycles. The molecule has 1 aromatic rings. The molecule has 0 unspecified atom stereocenters. The molecule has 76 valence electrons. The highest BCUT2D eigenvalue weighted by Gasteiger charge is 2.32. The van der Waals surface area contributed by atoms with E-state index in [-0.39, 0.29) is 0 Å². The number of rotatable bonds is 1. The van der Waals surface area contributed by atoms with E-state index in [1.807, 2.05) is 0 Å². The van der Waals surface area contributed by atoms with E-state index in [1.165, 1.54) is 31.2 Å². The molecule has 1 fully saturated rings. The Labute approximate surface area is 90.7 Å². The summed E-state index contributed by atoms with van der Waals surface area (Å²) < 4.78 is 0. The molecule has 1 nitrogen and oxygen atoms in total. The monoisotopic (exact) mass is 197 g/mol. The van der Waals surface area contributed by atoms with Crippen LogP contribution in [-0.2, 0) is 6.42 Å². The molecular formula is C14H15N. The molecule has 0 radical (unpaired) electrons. The van der Waals surface area contributed by atoms with Gasteiger partial charge in [0.2, 0.25) is 0 Å². The van der Waals surface area contributed by atoms with Crippen LogP contribution in [0.3, 0.4) is 0 Å². The van der Waals surface area contributed by atoms with E-state index in [0.29, 0.717) is 6.42 Å². The summed E-state index contributed by atoms with van der Waals surface area (Å²) in [6.07, 6.45) is 6.07. The van der Waals surface area contributed by atoms with Gasteiger partial charge in [0.05, 0.1) is 12.5 Å². The molecule has 2 bridgehead atoms. The third-order valence-corrected chi connectivity index (χ3v) is 4.04. The van der Waals surface area contributed by atoms with Gasteiger partial charge in [-0.15, -0.1) is 0 Å². The Hall–Kier alpha value is -1.29. The lowest BCUT2D eigenvalue weighted by atomic mass is 9.67. The lowest BCUT2D eigenvalue weighted by molar-refractivity contribution is 0.358. The summed E-state index contributed by atoms with van der Waals surface area (Å²) in [5.74, 6) is 1.62. The lowest BCUT2D eigenvalue weighted by Gasteiger charge is -2.38. The van der Waals surface area contributed by atoms with Crippen LogP contribution in [0, 0.1) is 11.3 Å². The van der Waals surface area contributed by atoms with Gasteiger partial charge in [0, 0.05) is 0 Å². The topological polar surface area (TPSA) is 23.8 Å². The van der Waals surface area contributed by atoms with Crippen LogP contribution >= 0.6 is 0 Å². The van der Waals surface area contributed by atoms with E-state index in [0.717, 1.165) is 11.8 Å². The molecule has 0 heterocycles. The van der Waals surface area contributed by atoms with Crippen LogP contribution in [0.5, 0.6) is 0 Å². The second kappa shape index (κ2) is 3.38. The van der Waals surface area contributed by atoms with Crippen molar-refractivity contribution >= 4 is 0 Å². The minimum absolute atomic E-state index is 0.560. The Morgan fingerprint density at radius 2 is 1.73 bits per heavy atom. The molecule has 4 rings (SSSR count). The smallest absolute Gasteiger partial charge is 0.0669 e. The van der Waals surface area contributed by atoms with E-state index >= 15 is 0 Å². The normalized spacial score (nSPS) is 27.1. The molecule has 0 aromatic heterocycles. The predicted molar refractivity (Wildman–Crippen MR) is 59.7 cm³/mol. The Morgan fingerprint density at radius 1 is 1.07 bits per heavy atom. The summed E-state index contributed by atoms with van der Waals surface area (Å²) in [6.45, 7) is 0. The largest absolute Gasteiger partial charge is 0.198 e. The predicted octanol–water partition coefficient (Wildman–Crippen LogP) is 3.51. The maximum absolute atomic E-state index is 8.71. The number of hydrogen-bond acceptors (Lipinski definition) is 1. The summed E-state index contributed by atoms with van der Waals surface area (Å²) in [5.41, 5.74) is 4.34. The number of benzene rings is 1. The van der Waals surface area contributed by atoms with Gasteiger partial charge in [-0.1, -0.05) is 18.2 Å². The average Bonchev–Trinajstić information content (AvgIpc) is 2.31. The molecule has 1 aromatic carbocycles. The van der Waals surface area contributed by atoms with Gasteiger partial charge in [-0.2, -0.15) is 5.26 Å². The Bertz CT molecular complexity index is 419. The van der Waals surface area contributed by atoms with Crippen molar-refractivity contribution in [2.45, 2.75) is 43.9 Å². The molecule has 0 atom stereocenters. The van der Waals surface area contributed by atoms with Crippen molar-refractivity contribution < 1.29 is 0 Å². The van der Waals surface area contributed by atoms with Crippen molar-refractivity contribution in [3.8, 4) is 6.07 Å². The van der Waals surface area contributed by atoms with Crippen molar-refractivity contribution in [2.24, 2.45) is 0 Å². The Balaban J connectivity index is 2.05. The SMILES string of the molecule is N#CCc1ccc2c(c1)C1CCC2CC1. The summed E-state index contributed by atoms with van der Waals surface area (Å²) in [6, 6.07) is 8.94. The van der Waals surface area contributed by atoms with Crippen molar-refractivity contribution in [3.63, 3.8) is 0 Å². The van der Waals surface area contributed by atoms with E-state index < -0.39 is 0 Å². The Kier molecular flexibility index (Phi) is 2.02. The fourth-order valence-electron chi connectivity index (χ4n) is 3.27. The molecule has 0 amide bonds. The molecule has 1 saturated carbocycles. The van der Waals surface area contributed by atoms with Crippen molar-refractivity contribution in [1.82, 2.24) is 0 Å². The molecule has 0 saturated heterocycles. The second-order valence-electron chi connectivity index (χ2n) is 4.85. The van der Waals surface area contributed by atoms with E-state index in [1.54, 1.807) is 11.1 Å². The zero-order chi connectivity index (χ0) is 10.3. The third kappa shape index (κ3) is 1.36. The minimum Gasteiger partial charge on any atom is -0.198 e. The second-order valence-corrected chi connectivity index (χ2v) is 4.85. The summed E-state index contributed by atoms with van der Waals surface area (Å²) in [7, 11) is 0. The fraction of sp³-hybridized carbons (Fsp3) is 0.500. The van der Waals surface area contributed by atoms with Crippen LogP contribution in [0.2, 0.25) is 0 Å². The van der Waals surface area contributed by atoms with E-state index in [2.05, 4.69) is 24.3 Å². The lowest BCUT2D eigenvalue weighted by Crippen LogP contribution is -2.21. The number of nitrogens with zero attached hydrogens (tertiary/aromatic N) is 1. The molecule has 1 heteroatoms. The molecule has 0 spiro atoms. The number of fused-ring (bicyclic) bond motifs is 2. The van der Waals surface area contributed by atoms with E-state index in [4.69, 9.17) is 5.26 Å².